The maximum Gasteiger partial charge on any atom is 0.433 e. The molecule has 2 N–H and O–H groups in total. The molecule has 35 heavy (non-hydrogen) atoms. The van der Waals surface area contributed by atoms with E-state index in [1.165, 1.54) is 24.8 Å². The van der Waals surface area contributed by atoms with Gasteiger partial charge in [0.1, 0.15) is 6.17 Å². The maximum atomic E-state index is 13.7. The topological polar surface area (TPSA) is 79.8 Å². The second kappa shape index (κ2) is 9.60. The minimum Gasteiger partial charge on any atom is -0.320 e. The van der Waals surface area contributed by atoms with Crippen LogP contribution < -0.4 is 10.6 Å². The molecular weight excluding hydrogens is 445 g/mol. The van der Waals surface area contributed by atoms with Crippen LogP contribution >= 0.6 is 0 Å². The summed E-state index contributed by atoms with van der Waals surface area (Å²) in [6.07, 6.45) is 10.3. The zero-order chi connectivity index (χ0) is 24.8. The standard InChI is InChI=1S/C28H42FN3O3/c1-17(32-35-26(34)31-15-11-25-24(29)10-14-30-25)21-6-7-22-20-5-4-18-16-19(33)8-12-27(18,2)23(20)9-13-28(21,22)3/h16,20-25,30H,4-15H2,1-3H3,(H,31,34)/b32-17+/t20-,21+,22-,23-,24?,25?,27-,28+/m0/s1. The molecule has 194 valence electrons. The number of allylic oxidation sites excluding steroid dienone is 1. The van der Waals surface area contributed by atoms with Crippen LogP contribution in [0.15, 0.2) is 16.8 Å². The highest BCUT2D eigenvalue weighted by atomic mass is 19.1. The molecule has 4 aliphatic carbocycles. The van der Waals surface area contributed by atoms with Crippen molar-refractivity contribution >= 4 is 17.6 Å². The first-order valence-electron chi connectivity index (χ1n) is 13.8. The van der Waals surface area contributed by atoms with Gasteiger partial charge in [-0.2, -0.15) is 0 Å². The second-order valence-electron chi connectivity index (χ2n) is 12.3. The first kappa shape index (κ1) is 24.9. The van der Waals surface area contributed by atoms with Crippen LogP contribution in [0.3, 0.4) is 0 Å². The van der Waals surface area contributed by atoms with Gasteiger partial charge in [0.05, 0.1) is 5.71 Å². The summed E-state index contributed by atoms with van der Waals surface area (Å²) in [5.74, 6) is 2.68. The zero-order valence-corrected chi connectivity index (χ0v) is 21.6. The summed E-state index contributed by atoms with van der Waals surface area (Å²) in [5.41, 5.74) is 2.70. The summed E-state index contributed by atoms with van der Waals surface area (Å²) in [6.45, 7) is 7.93. The molecule has 1 aliphatic heterocycles. The summed E-state index contributed by atoms with van der Waals surface area (Å²) in [6, 6.07) is -0.186. The van der Waals surface area contributed by atoms with Gasteiger partial charge in [-0.05, 0) is 106 Å². The summed E-state index contributed by atoms with van der Waals surface area (Å²) in [5, 5.41) is 10.1. The van der Waals surface area contributed by atoms with Crippen LogP contribution in [0.4, 0.5) is 9.18 Å². The molecule has 5 rings (SSSR count). The van der Waals surface area contributed by atoms with Crippen LogP contribution in [0.5, 0.6) is 0 Å². The van der Waals surface area contributed by atoms with E-state index in [-0.39, 0.29) is 16.9 Å². The molecular formula is C28H42FN3O3. The van der Waals surface area contributed by atoms with Crippen LogP contribution in [0.1, 0.15) is 85.0 Å². The Morgan fingerprint density at radius 2 is 2.00 bits per heavy atom. The number of alkyl halides is 1. The molecule has 1 amide bonds. The van der Waals surface area contributed by atoms with E-state index in [4.69, 9.17) is 4.84 Å². The predicted octanol–water partition coefficient (Wildman–Crippen LogP) is 5.33. The number of nitrogens with zero attached hydrogens (tertiary/aromatic N) is 1. The Bertz CT molecular complexity index is 919. The van der Waals surface area contributed by atoms with Gasteiger partial charge >= 0.3 is 6.09 Å². The lowest BCUT2D eigenvalue weighted by Crippen LogP contribution is -2.51. The smallest absolute Gasteiger partial charge is 0.320 e. The van der Waals surface area contributed by atoms with Crippen LogP contribution in [0.2, 0.25) is 0 Å². The normalized spacial score (nSPS) is 43.1. The highest BCUT2D eigenvalue weighted by molar-refractivity contribution is 5.91. The minimum absolute atomic E-state index is 0.181. The third-order valence-electron chi connectivity index (χ3n) is 10.7. The maximum absolute atomic E-state index is 13.7. The van der Waals surface area contributed by atoms with Gasteiger partial charge in [0.15, 0.2) is 5.78 Å². The molecule has 0 aromatic carbocycles. The van der Waals surface area contributed by atoms with Gasteiger partial charge in [-0.15, -0.1) is 0 Å². The SMILES string of the molecule is C/C(=N\OC(=O)NCCC1NCCC1F)[C@H]1CC[C@H]2[C@@H]3CCC4=CC(=O)CC[C@]4(C)[C@H]3CC[C@]12C. The van der Waals surface area contributed by atoms with Crippen molar-refractivity contribution < 1.29 is 18.8 Å². The number of carbonyl (C=O) groups excluding carboxylic acids is 2. The number of rotatable bonds is 5. The quantitative estimate of drug-likeness (QED) is 0.312. The van der Waals surface area contributed by atoms with Gasteiger partial charge in [0.25, 0.3) is 0 Å². The third-order valence-corrected chi connectivity index (χ3v) is 10.7. The van der Waals surface area contributed by atoms with Crippen molar-refractivity contribution in [1.82, 2.24) is 10.6 Å². The Morgan fingerprint density at radius 1 is 1.17 bits per heavy atom. The van der Waals surface area contributed by atoms with Crippen LogP contribution in [0.25, 0.3) is 0 Å². The summed E-state index contributed by atoms with van der Waals surface area (Å²) in [7, 11) is 0. The second-order valence-corrected chi connectivity index (χ2v) is 12.3. The molecule has 0 bridgehead atoms. The van der Waals surface area contributed by atoms with Crippen molar-refractivity contribution in [3.8, 4) is 0 Å². The highest BCUT2D eigenvalue weighted by Crippen LogP contribution is 2.66. The lowest BCUT2D eigenvalue weighted by Gasteiger charge is -2.58. The van der Waals surface area contributed by atoms with Crippen LogP contribution in [-0.2, 0) is 9.63 Å². The molecule has 0 aromatic heterocycles. The molecule has 1 saturated heterocycles. The molecule has 0 aromatic rings. The molecule has 0 spiro atoms. The lowest BCUT2D eigenvalue weighted by atomic mass is 9.46. The average Bonchev–Trinajstić information content (AvgIpc) is 3.40. The predicted molar refractivity (Wildman–Crippen MR) is 134 cm³/mol. The third kappa shape index (κ3) is 4.47. The van der Waals surface area contributed by atoms with Crippen molar-refractivity contribution in [1.29, 1.82) is 0 Å². The number of halogens is 1. The molecule has 7 heteroatoms. The first-order chi connectivity index (χ1) is 16.7. The number of fused-ring (bicyclic) bond motifs is 5. The van der Waals surface area contributed by atoms with E-state index in [9.17, 15) is 14.0 Å². The number of nitrogens with one attached hydrogen (secondary N) is 2. The Labute approximate surface area is 208 Å². The van der Waals surface area contributed by atoms with E-state index in [0.717, 1.165) is 31.4 Å². The molecule has 2 unspecified atom stereocenters. The van der Waals surface area contributed by atoms with E-state index >= 15 is 0 Å². The summed E-state index contributed by atoms with van der Waals surface area (Å²) in [4.78, 5) is 29.5. The number of ketones is 1. The summed E-state index contributed by atoms with van der Waals surface area (Å²) < 4.78 is 13.7. The van der Waals surface area contributed by atoms with E-state index in [1.807, 2.05) is 13.0 Å². The number of amides is 1. The van der Waals surface area contributed by atoms with Crippen molar-refractivity contribution in [3.05, 3.63) is 11.6 Å². The molecule has 3 saturated carbocycles. The fraction of sp³-hybridized carbons (Fsp3) is 0.821. The van der Waals surface area contributed by atoms with Gasteiger partial charge in [0, 0.05) is 24.9 Å². The fourth-order valence-corrected chi connectivity index (χ4v) is 8.80. The molecule has 4 fully saturated rings. The van der Waals surface area contributed by atoms with Gasteiger partial charge < -0.3 is 10.6 Å². The van der Waals surface area contributed by atoms with Crippen molar-refractivity contribution in [3.63, 3.8) is 0 Å². The highest BCUT2D eigenvalue weighted by Gasteiger charge is 2.59. The van der Waals surface area contributed by atoms with E-state index in [0.29, 0.717) is 61.8 Å². The van der Waals surface area contributed by atoms with Crippen LogP contribution in [0, 0.1) is 34.5 Å². The van der Waals surface area contributed by atoms with Gasteiger partial charge in [-0.25, -0.2) is 9.18 Å². The first-order valence-corrected chi connectivity index (χ1v) is 13.8. The largest absolute Gasteiger partial charge is 0.433 e. The Hall–Kier alpha value is -1.76. The summed E-state index contributed by atoms with van der Waals surface area (Å²) >= 11 is 0. The number of oxime groups is 1. The number of hydrogen-bond acceptors (Lipinski definition) is 5. The van der Waals surface area contributed by atoms with Gasteiger partial charge in [0.2, 0.25) is 0 Å². The lowest BCUT2D eigenvalue weighted by molar-refractivity contribution is -0.117. The Balaban J connectivity index is 1.19. The average molecular weight is 488 g/mol. The molecule has 5 aliphatic rings. The van der Waals surface area contributed by atoms with E-state index in [1.54, 1.807) is 0 Å². The van der Waals surface area contributed by atoms with E-state index < -0.39 is 12.3 Å². The minimum atomic E-state index is -0.839. The Kier molecular flexibility index (Phi) is 6.84. The van der Waals surface area contributed by atoms with Crippen molar-refractivity contribution in [2.45, 2.75) is 97.2 Å². The van der Waals surface area contributed by atoms with E-state index in [2.05, 4.69) is 29.6 Å². The number of carbonyl (C=O) groups is 2. The molecule has 0 radical (unpaired) electrons. The van der Waals surface area contributed by atoms with Crippen molar-refractivity contribution in [2.24, 2.45) is 39.7 Å². The van der Waals surface area contributed by atoms with Crippen molar-refractivity contribution in [2.75, 3.05) is 13.1 Å². The number of hydrogen-bond donors (Lipinski definition) is 2. The zero-order valence-electron chi connectivity index (χ0n) is 21.6. The molecule has 8 atom stereocenters. The van der Waals surface area contributed by atoms with Crippen LogP contribution in [-0.4, -0.2) is 42.9 Å². The molecule has 1 heterocycles. The van der Waals surface area contributed by atoms with Gasteiger partial charge in [-0.3, -0.25) is 9.63 Å². The molecule has 6 nitrogen and oxygen atoms in total. The Morgan fingerprint density at radius 3 is 2.77 bits per heavy atom. The monoisotopic (exact) mass is 487 g/mol. The fourth-order valence-electron chi connectivity index (χ4n) is 8.80. The van der Waals surface area contributed by atoms with Gasteiger partial charge in [-0.1, -0.05) is 24.6 Å².